The Balaban J connectivity index is 1.38. The number of nitrogens with one attached hydrogen (secondary N) is 1. The van der Waals surface area contributed by atoms with E-state index in [2.05, 4.69) is 16.8 Å². The normalized spacial score (nSPS) is 14.0. The van der Waals surface area contributed by atoms with Gasteiger partial charge in [0.05, 0.1) is 25.9 Å². The highest BCUT2D eigenvalue weighted by Crippen LogP contribution is 2.27. The molecule has 0 spiro atoms. The van der Waals surface area contributed by atoms with E-state index >= 15 is 0 Å². The fourth-order valence-electron chi connectivity index (χ4n) is 4.33. The molecule has 0 aliphatic heterocycles. The van der Waals surface area contributed by atoms with Crippen molar-refractivity contribution in [3.8, 4) is 0 Å². The van der Waals surface area contributed by atoms with Gasteiger partial charge in [0.1, 0.15) is 11.5 Å². The Bertz CT molecular complexity index is 1010. The Labute approximate surface area is 188 Å². The van der Waals surface area contributed by atoms with Gasteiger partial charge in [-0.15, -0.1) is 0 Å². The second-order valence-corrected chi connectivity index (χ2v) is 8.40. The van der Waals surface area contributed by atoms with Crippen molar-refractivity contribution < 1.29 is 18.4 Å². The van der Waals surface area contributed by atoms with Gasteiger partial charge in [-0.1, -0.05) is 19.8 Å². The quantitative estimate of drug-likeness (QED) is 0.503. The second-order valence-electron chi connectivity index (χ2n) is 8.40. The number of nitrogens with zero attached hydrogens (tertiary/aromatic N) is 2. The maximum atomic E-state index is 13.0. The van der Waals surface area contributed by atoms with E-state index in [9.17, 15) is 9.59 Å². The first-order valence-electron chi connectivity index (χ1n) is 11.5. The summed E-state index contributed by atoms with van der Waals surface area (Å²) in [6.45, 7) is 4.28. The average molecular weight is 438 g/mol. The summed E-state index contributed by atoms with van der Waals surface area (Å²) < 4.78 is 13.1. The maximum absolute atomic E-state index is 13.0. The zero-order valence-electron chi connectivity index (χ0n) is 18.6. The van der Waals surface area contributed by atoms with Crippen LogP contribution in [-0.2, 0) is 24.4 Å². The van der Waals surface area contributed by atoms with Crippen molar-refractivity contribution in [3.63, 3.8) is 0 Å². The van der Waals surface area contributed by atoms with E-state index in [1.807, 2.05) is 29.3 Å². The zero-order valence-corrected chi connectivity index (χ0v) is 18.6. The SMILES string of the molecule is CCCN(Cc1cccn1Cc1ccc(C(=O)NCc2ccco2)o1)C(=O)C1CCCC1. The molecule has 4 rings (SSSR count). The number of aromatic nitrogens is 1. The molecule has 1 N–H and O–H groups in total. The van der Waals surface area contributed by atoms with Crippen LogP contribution in [0.15, 0.2) is 57.7 Å². The van der Waals surface area contributed by atoms with Gasteiger partial charge in [-0.2, -0.15) is 0 Å². The van der Waals surface area contributed by atoms with E-state index in [1.54, 1.807) is 24.5 Å². The molecule has 7 nitrogen and oxygen atoms in total. The van der Waals surface area contributed by atoms with Crippen LogP contribution in [0.25, 0.3) is 0 Å². The van der Waals surface area contributed by atoms with E-state index in [4.69, 9.17) is 8.83 Å². The first-order chi connectivity index (χ1) is 15.6. The van der Waals surface area contributed by atoms with E-state index in [1.165, 1.54) is 0 Å². The summed E-state index contributed by atoms with van der Waals surface area (Å²) in [5.74, 6) is 1.82. The van der Waals surface area contributed by atoms with Gasteiger partial charge in [-0.3, -0.25) is 9.59 Å². The first kappa shape index (κ1) is 22.0. The van der Waals surface area contributed by atoms with Gasteiger partial charge in [-0.05, 0) is 55.7 Å². The van der Waals surface area contributed by atoms with Gasteiger partial charge in [0.25, 0.3) is 5.91 Å². The smallest absolute Gasteiger partial charge is 0.287 e. The fraction of sp³-hybridized carbons (Fsp3) is 0.440. The standard InChI is InChI=1S/C25H31N3O4/c1-2-13-28(25(30)19-7-3-4-8-19)17-20-9-5-14-27(20)18-22-11-12-23(32-22)24(29)26-16-21-10-6-15-31-21/h5-6,9-12,14-15,19H,2-4,7-8,13,16-18H2,1H3,(H,26,29). The Kier molecular flexibility index (Phi) is 7.14. The molecule has 2 amide bonds. The molecule has 0 atom stereocenters. The van der Waals surface area contributed by atoms with Crippen molar-refractivity contribution in [2.75, 3.05) is 6.54 Å². The number of furan rings is 2. The molecule has 0 aromatic carbocycles. The van der Waals surface area contributed by atoms with Gasteiger partial charge in [0.15, 0.2) is 5.76 Å². The molecule has 1 aliphatic rings. The van der Waals surface area contributed by atoms with Gasteiger partial charge in [0, 0.05) is 24.4 Å². The summed E-state index contributed by atoms with van der Waals surface area (Å²) in [6, 6.07) is 11.1. The largest absolute Gasteiger partial charge is 0.467 e. The van der Waals surface area contributed by atoms with Crippen molar-refractivity contribution >= 4 is 11.8 Å². The lowest BCUT2D eigenvalue weighted by molar-refractivity contribution is -0.136. The molecule has 1 fully saturated rings. The van der Waals surface area contributed by atoms with Gasteiger partial charge < -0.3 is 23.6 Å². The lowest BCUT2D eigenvalue weighted by atomic mass is 10.1. The third-order valence-electron chi connectivity index (χ3n) is 6.00. The summed E-state index contributed by atoms with van der Waals surface area (Å²) in [6.07, 6.45) is 8.83. The van der Waals surface area contributed by atoms with Crippen molar-refractivity contribution in [2.45, 2.75) is 58.7 Å². The lowest BCUT2D eigenvalue weighted by Gasteiger charge is -2.26. The Hall–Kier alpha value is -3.22. The van der Waals surface area contributed by atoms with Crippen molar-refractivity contribution in [2.24, 2.45) is 5.92 Å². The summed E-state index contributed by atoms with van der Waals surface area (Å²) in [4.78, 5) is 27.3. The average Bonchev–Trinajstić information content (AvgIpc) is 3.60. The highest BCUT2D eigenvalue weighted by atomic mass is 16.4. The Morgan fingerprint density at radius 2 is 1.97 bits per heavy atom. The summed E-state index contributed by atoms with van der Waals surface area (Å²) in [7, 11) is 0. The minimum Gasteiger partial charge on any atom is -0.467 e. The summed E-state index contributed by atoms with van der Waals surface area (Å²) in [5, 5.41) is 2.79. The number of hydrogen-bond donors (Lipinski definition) is 1. The predicted octanol–water partition coefficient (Wildman–Crippen LogP) is 4.58. The molecule has 3 heterocycles. The molecule has 3 aromatic heterocycles. The van der Waals surface area contributed by atoms with Crippen LogP contribution < -0.4 is 5.32 Å². The number of carbonyl (C=O) groups excluding carboxylic acids is 2. The molecule has 0 radical (unpaired) electrons. The topological polar surface area (TPSA) is 80.6 Å². The molecular weight excluding hydrogens is 406 g/mol. The van der Waals surface area contributed by atoms with Crippen LogP contribution >= 0.6 is 0 Å². The van der Waals surface area contributed by atoms with Crippen molar-refractivity contribution in [1.29, 1.82) is 0 Å². The summed E-state index contributed by atoms with van der Waals surface area (Å²) >= 11 is 0. The minimum atomic E-state index is -0.281. The monoisotopic (exact) mass is 437 g/mol. The molecule has 170 valence electrons. The van der Waals surface area contributed by atoms with E-state index in [-0.39, 0.29) is 23.5 Å². The Morgan fingerprint density at radius 1 is 1.12 bits per heavy atom. The van der Waals surface area contributed by atoms with Crippen molar-refractivity contribution in [3.05, 3.63) is 71.8 Å². The molecule has 1 aliphatic carbocycles. The maximum Gasteiger partial charge on any atom is 0.287 e. The molecule has 1 saturated carbocycles. The molecule has 32 heavy (non-hydrogen) atoms. The molecule has 0 bridgehead atoms. The molecule has 3 aromatic rings. The molecule has 0 saturated heterocycles. The zero-order chi connectivity index (χ0) is 22.3. The van der Waals surface area contributed by atoms with Crippen LogP contribution in [0.3, 0.4) is 0 Å². The third kappa shape index (κ3) is 5.33. The van der Waals surface area contributed by atoms with Crippen LogP contribution in [-0.4, -0.2) is 27.8 Å². The number of carbonyl (C=O) groups is 2. The van der Waals surface area contributed by atoms with Crippen LogP contribution in [0.1, 0.15) is 66.8 Å². The van der Waals surface area contributed by atoms with E-state index in [0.29, 0.717) is 31.2 Å². The van der Waals surface area contributed by atoms with E-state index < -0.39 is 0 Å². The molecular formula is C25H31N3O4. The van der Waals surface area contributed by atoms with Crippen molar-refractivity contribution in [1.82, 2.24) is 14.8 Å². The third-order valence-corrected chi connectivity index (χ3v) is 6.00. The van der Waals surface area contributed by atoms with Crippen LogP contribution in [0.5, 0.6) is 0 Å². The fourth-order valence-corrected chi connectivity index (χ4v) is 4.33. The second kappa shape index (κ2) is 10.4. The van der Waals surface area contributed by atoms with Gasteiger partial charge >= 0.3 is 0 Å². The lowest BCUT2D eigenvalue weighted by Crippen LogP contribution is -2.36. The minimum absolute atomic E-state index is 0.178. The summed E-state index contributed by atoms with van der Waals surface area (Å²) in [5.41, 5.74) is 1.06. The van der Waals surface area contributed by atoms with Gasteiger partial charge in [0.2, 0.25) is 5.91 Å². The molecule has 7 heteroatoms. The predicted molar refractivity (Wildman–Crippen MR) is 120 cm³/mol. The number of rotatable bonds is 10. The highest BCUT2D eigenvalue weighted by molar-refractivity contribution is 5.91. The van der Waals surface area contributed by atoms with Crippen LogP contribution in [0.4, 0.5) is 0 Å². The molecule has 0 unspecified atom stereocenters. The number of amides is 2. The van der Waals surface area contributed by atoms with Crippen LogP contribution in [0, 0.1) is 5.92 Å². The Morgan fingerprint density at radius 3 is 2.72 bits per heavy atom. The number of hydrogen-bond acceptors (Lipinski definition) is 4. The van der Waals surface area contributed by atoms with E-state index in [0.717, 1.165) is 44.3 Å². The van der Waals surface area contributed by atoms with Crippen LogP contribution in [0.2, 0.25) is 0 Å². The first-order valence-corrected chi connectivity index (χ1v) is 11.5. The highest BCUT2D eigenvalue weighted by Gasteiger charge is 2.27. The van der Waals surface area contributed by atoms with Gasteiger partial charge in [-0.25, -0.2) is 0 Å².